The highest BCUT2D eigenvalue weighted by atomic mass is 31.1. The molecule has 0 radical (unpaired) electrons. The molecule has 1 atom stereocenters. The van der Waals surface area contributed by atoms with E-state index in [-0.39, 0.29) is 31.1 Å². The molecule has 3 heterocycles. The first-order valence-electron chi connectivity index (χ1n) is 10.7. The van der Waals surface area contributed by atoms with Crippen LogP contribution in [-0.4, -0.2) is 45.7 Å². The highest BCUT2D eigenvalue weighted by molar-refractivity contribution is 7.63. The van der Waals surface area contributed by atoms with E-state index >= 15 is 8.78 Å². The molecule has 0 aliphatic carbocycles. The molecular formula is C25H23F2N4OP. The molecule has 2 aromatic carbocycles. The number of benzene rings is 2. The standard InChI is InChI=1S/C25H23F2N4OP/c1-5-20-24-29-19-12-18(27)16(14-9-10-22(28-13-14)33(3)4)11-21(19)31(24)23-15(25(32)30(20)2)7-6-8-17(23)26/h6-13,20H,5H2,1-4H3. The maximum absolute atomic E-state index is 15.2. The second-order valence-electron chi connectivity index (χ2n) is 8.40. The van der Waals surface area contributed by atoms with Crippen molar-refractivity contribution in [1.82, 2.24) is 19.4 Å². The van der Waals surface area contributed by atoms with Crippen LogP contribution in [0.2, 0.25) is 0 Å². The summed E-state index contributed by atoms with van der Waals surface area (Å²) in [6, 6.07) is 10.9. The lowest BCUT2D eigenvalue weighted by Gasteiger charge is -2.24. The Bertz CT molecular complexity index is 1400. The second-order valence-corrected chi connectivity index (χ2v) is 10.6. The maximum atomic E-state index is 15.2. The predicted molar refractivity (Wildman–Crippen MR) is 128 cm³/mol. The first-order chi connectivity index (χ1) is 15.8. The molecule has 1 amide bonds. The quantitative estimate of drug-likeness (QED) is 0.388. The lowest BCUT2D eigenvalue weighted by molar-refractivity contribution is 0.0726. The van der Waals surface area contributed by atoms with Gasteiger partial charge in [0.15, 0.2) is 0 Å². The Kier molecular flexibility index (Phi) is 5.25. The molecule has 5 rings (SSSR count). The molecule has 1 unspecified atom stereocenters. The summed E-state index contributed by atoms with van der Waals surface area (Å²) in [5, 5.41) is 0. The zero-order valence-electron chi connectivity index (χ0n) is 18.8. The van der Waals surface area contributed by atoms with E-state index in [1.54, 1.807) is 34.8 Å². The molecule has 0 N–H and O–H groups in total. The largest absolute Gasteiger partial charge is 0.331 e. The lowest BCUT2D eigenvalue weighted by atomic mass is 10.1. The summed E-state index contributed by atoms with van der Waals surface area (Å²) < 4.78 is 32.1. The van der Waals surface area contributed by atoms with Gasteiger partial charge in [0.25, 0.3) is 5.91 Å². The molecule has 2 aromatic heterocycles. The molecule has 4 aromatic rings. The number of carbonyl (C=O) groups is 1. The van der Waals surface area contributed by atoms with Crippen molar-refractivity contribution in [2.75, 3.05) is 20.4 Å². The lowest BCUT2D eigenvalue weighted by Crippen LogP contribution is -2.30. The Morgan fingerprint density at radius 2 is 1.85 bits per heavy atom. The molecule has 0 saturated heterocycles. The van der Waals surface area contributed by atoms with Gasteiger partial charge in [0.05, 0.1) is 33.8 Å². The van der Waals surface area contributed by atoms with Crippen LogP contribution < -0.4 is 5.44 Å². The first-order valence-corrected chi connectivity index (χ1v) is 13.0. The van der Waals surface area contributed by atoms with Crippen LogP contribution in [0.4, 0.5) is 8.78 Å². The van der Waals surface area contributed by atoms with Crippen molar-refractivity contribution in [3.05, 3.63) is 71.7 Å². The SMILES string of the molecule is CCC1c2nc3cc(F)c(-c4ccc(P(C)C)nc4)cc3n2-c2c(F)cccc2C(=O)N1C. The molecule has 1 aliphatic heterocycles. The number of fused-ring (bicyclic) bond motifs is 5. The molecule has 5 nitrogen and oxygen atoms in total. The molecule has 168 valence electrons. The molecule has 0 fully saturated rings. The third-order valence-corrected chi connectivity index (χ3v) is 7.38. The predicted octanol–water partition coefficient (Wildman–Crippen LogP) is 5.27. The van der Waals surface area contributed by atoms with Gasteiger partial charge in [-0.2, -0.15) is 0 Å². The number of rotatable bonds is 3. The van der Waals surface area contributed by atoms with E-state index in [2.05, 4.69) is 23.3 Å². The van der Waals surface area contributed by atoms with Crippen LogP contribution in [0.3, 0.4) is 0 Å². The van der Waals surface area contributed by atoms with E-state index in [1.807, 2.05) is 19.1 Å². The maximum Gasteiger partial charge on any atom is 0.256 e. The van der Waals surface area contributed by atoms with Crippen molar-refractivity contribution < 1.29 is 13.6 Å². The van der Waals surface area contributed by atoms with Crippen LogP contribution >= 0.6 is 7.92 Å². The van der Waals surface area contributed by atoms with E-state index in [1.165, 1.54) is 18.2 Å². The fourth-order valence-corrected chi connectivity index (χ4v) is 5.14. The molecular weight excluding hydrogens is 441 g/mol. The smallest absolute Gasteiger partial charge is 0.256 e. The van der Waals surface area contributed by atoms with Crippen molar-refractivity contribution in [1.29, 1.82) is 0 Å². The van der Waals surface area contributed by atoms with Crippen molar-refractivity contribution in [3.8, 4) is 16.8 Å². The fraction of sp³-hybridized carbons (Fsp3) is 0.240. The number of aromatic nitrogens is 3. The van der Waals surface area contributed by atoms with Gasteiger partial charge in [-0.15, -0.1) is 0 Å². The Labute approximate surface area is 191 Å². The van der Waals surface area contributed by atoms with E-state index in [9.17, 15) is 4.79 Å². The number of hydrogen-bond donors (Lipinski definition) is 0. The Balaban J connectivity index is 1.82. The number of hydrogen-bond acceptors (Lipinski definition) is 3. The Hall–Kier alpha value is -3.18. The minimum atomic E-state index is -0.525. The average Bonchev–Trinajstić information content (AvgIpc) is 3.11. The van der Waals surface area contributed by atoms with Crippen LogP contribution in [0.15, 0.2) is 48.7 Å². The van der Waals surface area contributed by atoms with Crippen LogP contribution in [-0.2, 0) is 0 Å². The number of nitrogens with zero attached hydrogens (tertiary/aromatic N) is 4. The highest BCUT2D eigenvalue weighted by Crippen LogP contribution is 2.38. The molecule has 1 aliphatic rings. The van der Waals surface area contributed by atoms with Crippen LogP contribution in [0, 0.1) is 11.6 Å². The Morgan fingerprint density at radius 3 is 2.52 bits per heavy atom. The van der Waals surface area contributed by atoms with Crippen molar-refractivity contribution in [2.45, 2.75) is 19.4 Å². The summed E-state index contributed by atoms with van der Waals surface area (Å²) >= 11 is 0. The van der Waals surface area contributed by atoms with E-state index in [4.69, 9.17) is 0 Å². The third kappa shape index (κ3) is 3.34. The third-order valence-electron chi connectivity index (χ3n) is 6.20. The van der Waals surface area contributed by atoms with Crippen molar-refractivity contribution in [3.63, 3.8) is 0 Å². The van der Waals surface area contributed by atoms with E-state index in [0.717, 1.165) is 5.44 Å². The summed E-state index contributed by atoms with van der Waals surface area (Å²) in [6.45, 7) is 6.17. The van der Waals surface area contributed by atoms with Gasteiger partial charge in [0.1, 0.15) is 17.5 Å². The number of halogens is 2. The summed E-state index contributed by atoms with van der Waals surface area (Å²) in [6.07, 6.45) is 2.25. The fourth-order valence-electron chi connectivity index (χ4n) is 4.48. The number of amides is 1. The molecule has 0 spiro atoms. The minimum absolute atomic E-state index is 0.149. The molecule has 8 heteroatoms. The van der Waals surface area contributed by atoms with Gasteiger partial charge >= 0.3 is 0 Å². The molecule has 33 heavy (non-hydrogen) atoms. The Morgan fingerprint density at radius 1 is 1.06 bits per heavy atom. The van der Waals surface area contributed by atoms with Gasteiger partial charge < -0.3 is 4.90 Å². The summed E-state index contributed by atoms with van der Waals surface area (Å²) in [5.41, 5.74) is 3.34. The van der Waals surface area contributed by atoms with E-state index in [0.29, 0.717) is 34.4 Å². The van der Waals surface area contributed by atoms with Gasteiger partial charge in [0, 0.05) is 30.4 Å². The van der Waals surface area contributed by atoms with Gasteiger partial charge in [0.2, 0.25) is 0 Å². The molecule has 0 saturated carbocycles. The summed E-state index contributed by atoms with van der Waals surface area (Å²) in [4.78, 5) is 23.9. The van der Waals surface area contributed by atoms with Crippen molar-refractivity contribution >= 4 is 30.3 Å². The van der Waals surface area contributed by atoms with Crippen LogP contribution in [0.25, 0.3) is 27.8 Å². The number of para-hydroxylation sites is 1. The first kappa shape index (κ1) is 21.7. The number of imidazole rings is 1. The number of pyridine rings is 1. The normalized spacial score (nSPS) is 15.7. The monoisotopic (exact) mass is 464 g/mol. The van der Waals surface area contributed by atoms with E-state index < -0.39 is 11.6 Å². The zero-order valence-corrected chi connectivity index (χ0v) is 19.7. The number of carbonyl (C=O) groups excluding carboxylic acids is 1. The molecule has 0 bridgehead atoms. The van der Waals surface area contributed by atoms with Gasteiger partial charge in [-0.3, -0.25) is 14.3 Å². The topological polar surface area (TPSA) is 51.0 Å². The van der Waals surface area contributed by atoms with Crippen LogP contribution in [0.5, 0.6) is 0 Å². The van der Waals surface area contributed by atoms with Crippen molar-refractivity contribution in [2.24, 2.45) is 0 Å². The van der Waals surface area contributed by atoms with Crippen LogP contribution in [0.1, 0.15) is 35.6 Å². The van der Waals surface area contributed by atoms with Gasteiger partial charge in [-0.05, 0) is 44.0 Å². The highest BCUT2D eigenvalue weighted by Gasteiger charge is 2.34. The zero-order chi connectivity index (χ0) is 23.4. The summed E-state index contributed by atoms with van der Waals surface area (Å²) in [5.74, 6) is -0.706. The minimum Gasteiger partial charge on any atom is -0.331 e. The summed E-state index contributed by atoms with van der Waals surface area (Å²) in [7, 11) is 1.33. The van der Waals surface area contributed by atoms with Gasteiger partial charge in [-0.1, -0.05) is 27.0 Å². The second kappa shape index (κ2) is 7.99. The van der Waals surface area contributed by atoms with Gasteiger partial charge in [-0.25, -0.2) is 13.8 Å². The average molecular weight is 464 g/mol.